The summed E-state index contributed by atoms with van der Waals surface area (Å²) in [7, 11) is 0. The highest BCUT2D eigenvalue weighted by Gasteiger charge is 2.36. The number of halogens is 3. The standard InChI is InChI=1S/C23H17F3N4O4/c24-23(25,26)19-12-18(14-6-8-16(9-7-14)34-15-4-2-1-3-5-15)29-21-17(13-28-30(19)21)22(33)27-11-10-20(31)32/h1-9,12-13H,10-11H2,(H,27,33)(H,31,32). The summed E-state index contributed by atoms with van der Waals surface area (Å²) < 4.78 is 47.5. The maximum Gasteiger partial charge on any atom is 0.433 e. The minimum atomic E-state index is -4.77. The van der Waals surface area contributed by atoms with E-state index in [1.165, 1.54) is 0 Å². The van der Waals surface area contributed by atoms with Gasteiger partial charge in [-0.15, -0.1) is 0 Å². The molecule has 11 heteroatoms. The van der Waals surface area contributed by atoms with Crippen molar-refractivity contribution >= 4 is 17.5 Å². The van der Waals surface area contributed by atoms with Crippen molar-refractivity contribution in [2.24, 2.45) is 0 Å². The average molecular weight is 470 g/mol. The zero-order valence-corrected chi connectivity index (χ0v) is 17.4. The fraction of sp³-hybridized carbons (Fsp3) is 0.130. The Bertz CT molecular complexity index is 1340. The molecule has 4 rings (SSSR count). The predicted molar refractivity (Wildman–Crippen MR) is 115 cm³/mol. The summed E-state index contributed by atoms with van der Waals surface area (Å²) in [5.74, 6) is -0.817. The largest absolute Gasteiger partial charge is 0.481 e. The maximum absolute atomic E-state index is 13.7. The van der Waals surface area contributed by atoms with Crippen molar-refractivity contribution in [1.29, 1.82) is 0 Å². The number of amides is 1. The van der Waals surface area contributed by atoms with Gasteiger partial charge in [0.1, 0.15) is 17.1 Å². The number of para-hydroxylation sites is 1. The first-order valence-corrected chi connectivity index (χ1v) is 10.0. The first-order valence-electron chi connectivity index (χ1n) is 10.0. The Morgan fingerprint density at radius 2 is 1.71 bits per heavy atom. The number of benzene rings is 2. The third-order valence-electron chi connectivity index (χ3n) is 4.76. The van der Waals surface area contributed by atoms with Crippen LogP contribution in [0.15, 0.2) is 66.9 Å². The molecule has 2 aromatic heterocycles. The number of rotatable bonds is 7. The van der Waals surface area contributed by atoms with Crippen LogP contribution in [0.4, 0.5) is 13.2 Å². The molecule has 0 aliphatic heterocycles. The molecule has 1 amide bonds. The summed E-state index contributed by atoms with van der Waals surface area (Å²) in [6.45, 7) is -0.194. The van der Waals surface area contributed by atoms with Gasteiger partial charge in [-0.1, -0.05) is 18.2 Å². The molecule has 0 atom stereocenters. The monoisotopic (exact) mass is 470 g/mol. The molecule has 2 heterocycles. The lowest BCUT2D eigenvalue weighted by molar-refractivity contribution is -0.142. The zero-order valence-electron chi connectivity index (χ0n) is 17.4. The molecule has 8 nitrogen and oxygen atoms in total. The Kier molecular flexibility index (Phi) is 6.17. The van der Waals surface area contributed by atoms with E-state index in [1.54, 1.807) is 36.4 Å². The number of aliphatic carboxylic acids is 1. The number of fused-ring (bicyclic) bond motifs is 1. The molecule has 34 heavy (non-hydrogen) atoms. The van der Waals surface area contributed by atoms with Crippen molar-refractivity contribution < 1.29 is 32.6 Å². The molecule has 0 saturated carbocycles. The van der Waals surface area contributed by atoms with Crippen LogP contribution in [0.25, 0.3) is 16.9 Å². The fourth-order valence-electron chi connectivity index (χ4n) is 3.17. The molecule has 0 unspecified atom stereocenters. The molecule has 0 radical (unpaired) electrons. The average Bonchev–Trinajstić information content (AvgIpc) is 3.23. The van der Waals surface area contributed by atoms with Gasteiger partial charge in [-0.05, 0) is 42.5 Å². The van der Waals surface area contributed by atoms with Gasteiger partial charge in [-0.2, -0.15) is 18.3 Å². The molecule has 2 N–H and O–H groups in total. The molecule has 0 saturated heterocycles. The summed E-state index contributed by atoms with van der Waals surface area (Å²) in [6, 6.07) is 16.1. The highest BCUT2D eigenvalue weighted by molar-refractivity contribution is 6.00. The lowest BCUT2D eigenvalue weighted by Crippen LogP contribution is -2.26. The van der Waals surface area contributed by atoms with Crippen LogP contribution in [0.5, 0.6) is 11.5 Å². The van der Waals surface area contributed by atoms with Crippen LogP contribution in [-0.2, 0) is 11.0 Å². The number of aromatic nitrogens is 3. The van der Waals surface area contributed by atoms with E-state index in [9.17, 15) is 22.8 Å². The van der Waals surface area contributed by atoms with E-state index in [0.29, 0.717) is 21.6 Å². The number of carboxylic acid groups (broad SMARTS) is 1. The maximum atomic E-state index is 13.7. The summed E-state index contributed by atoms with van der Waals surface area (Å²) in [5, 5.41) is 14.7. The van der Waals surface area contributed by atoms with Crippen LogP contribution >= 0.6 is 0 Å². The first kappa shape index (κ1) is 22.8. The zero-order chi connectivity index (χ0) is 24.3. The molecule has 0 bridgehead atoms. The molecule has 2 aromatic carbocycles. The van der Waals surface area contributed by atoms with E-state index in [4.69, 9.17) is 9.84 Å². The van der Waals surface area contributed by atoms with Gasteiger partial charge in [0.2, 0.25) is 0 Å². The van der Waals surface area contributed by atoms with E-state index in [0.717, 1.165) is 12.3 Å². The van der Waals surface area contributed by atoms with Crippen LogP contribution in [-0.4, -0.2) is 38.1 Å². The number of hydrogen-bond acceptors (Lipinski definition) is 5. The van der Waals surface area contributed by atoms with Gasteiger partial charge in [0, 0.05) is 12.1 Å². The lowest BCUT2D eigenvalue weighted by Gasteiger charge is -2.12. The summed E-state index contributed by atoms with van der Waals surface area (Å²) in [6.07, 6.45) is -4.14. The normalized spacial score (nSPS) is 11.4. The van der Waals surface area contributed by atoms with Gasteiger partial charge in [0.15, 0.2) is 11.3 Å². The number of alkyl halides is 3. The van der Waals surface area contributed by atoms with Gasteiger partial charge >= 0.3 is 12.1 Å². The topological polar surface area (TPSA) is 106 Å². The Labute approximate surface area is 190 Å². The molecule has 0 fully saturated rings. The number of nitrogens with zero attached hydrogens (tertiary/aromatic N) is 3. The number of nitrogens with one attached hydrogen (secondary N) is 1. The van der Waals surface area contributed by atoms with Crippen molar-refractivity contribution in [3.63, 3.8) is 0 Å². The van der Waals surface area contributed by atoms with E-state index in [-0.39, 0.29) is 29.9 Å². The first-order chi connectivity index (χ1) is 16.2. The quantitative estimate of drug-likeness (QED) is 0.415. The third kappa shape index (κ3) is 4.98. The van der Waals surface area contributed by atoms with Gasteiger partial charge in [-0.3, -0.25) is 9.59 Å². The van der Waals surface area contributed by atoms with Crippen LogP contribution in [0, 0.1) is 0 Å². The lowest BCUT2D eigenvalue weighted by atomic mass is 10.1. The second kappa shape index (κ2) is 9.22. The molecular weight excluding hydrogens is 453 g/mol. The Hall–Kier alpha value is -4.41. The smallest absolute Gasteiger partial charge is 0.433 e. The molecule has 0 spiro atoms. The van der Waals surface area contributed by atoms with Crippen molar-refractivity contribution in [2.75, 3.05) is 6.54 Å². The Morgan fingerprint density at radius 3 is 2.35 bits per heavy atom. The van der Waals surface area contributed by atoms with E-state index in [2.05, 4.69) is 15.4 Å². The van der Waals surface area contributed by atoms with Crippen molar-refractivity contribution in [1.82, 2.24) is 19.9 Å². The summed E-state index contributed by atoms with van der Waals surface area (Å²) in [5.41, 5.74) is -1.27. The van der Waals surface area contributed by atoms with Gasteiger partial charge in [0.25, 0.3) is 5.91 Å². The van der Waals surface area contributed by atoms with Crippen LogP contribution < -0.4 is 10.1 Å². The van der Waals surface area contributed by atoms with Gasteiger partial charge in [0.05, 0.1) is 18.3 Å². The minimum absolute atomic E-state index is 0.0221. The number of carboxylic acids is 1. The predicted octanol–water partition coefficient (Wildman–Crippen LogP) is 4.41. The fourth-order valence-corrected chi connectivity index (χ4v) is 3.17. The van der Waals surface area contributed by atoms with Crippen molar-refractivity contribution in [3.8, 4) is 22.8 Å². The molecule has 0 aliphatic rings. The second-order valence-corrected chi connectivity index (χ2v) is 7.16. The van der Waals surface area contributed by atoms with Gasteiger partial charge in [-0.25, -0.2) is 9.50 Å². The van der Waals surface area contributed by atoms with E-state index in [1.807, 2.05) is 18.2 Å². The summed E-state index contributed by atoms with van der Waals surface area (Å²) >= 11 is 0. The highest BCUT2D eigenvalue weighted by atomic mass is 19.4. The summed E-state index contributed by atoms with van der Waals surface area (Å²) in [4.78, 5) is 27.3. The van der Waals surface area contributed by atoms with Crippen molar-refractivity contribution in [2.45, 2.75) is 12.6 Å². The minimum Gasteiger partial charge on any atom is -0.481 e. The number of ether oxygens (including phenoxy) is 1. The molecule has 174 valence electrons. The SMILES string of the molecule is O=C(O)CCNC(=O)c1cnn2c(C(F)(F)F)cc(-c3ccc(Oc4ccccc4)cc3)nc12. The van der Waals surface area contributed by atoms with Crippen LogP contribution in [0.1, 0.15) is 22.5 Å². The number of carbonyl (C=O) groups is 2. The Balaban J connectivity index is 1.69. The molecule has 0 aliphatic carbocycles. The molecular formula is C23H17F3N4O4. The molecule has 4 aromatic rings. The van der Waals surface area contributed by atoms with Crippen LogP contribution in [0.3, 0.4) is 0 Å². The van der Waals surface area contributed by atoms with E-state index < -0.39 is 23.7 Å². The Morgan fingerprint density at radius 1 is 1.03 bits per heavy atom. The van der Waals surface area contributed by atoms with E-state index >= 15 is 0 Å². The van der Waals surface area contributed by atoms with Crippen molar-refractivity contribution in [3.05, 3.63) is 78.1 Å². The number of hydrogen-bond donors (Lipinski definition) is 2. The highest BCUT2D eigenvalue weighted by Crippen LogP contribution is 2.33. The van der Waals surface area contributed by atoms with Crippen LogP contribution in [0.2, 0.25) is 0 Å². The second-order valence-electron chi connectivity index (χ2n) is 7.16. The third-order valence-corrected chi connectivity index (χ3v) is 4.76. The van der Waals surface area contributed by atoms with Gasteiger partial charge < -0.3 is 15.2 Å². The number of carbonyl (C=O) groups excluding carboxylic acids is 1.